The summed E-state index contributed by atoms with van der Waals surface area (Å²) in [4.78, 5) is 31.3. The molecule has 0 aromatic heterocycles. The number of benzene rings is 2. The van der Waals surface area contributed by atoms with E-state index < -0.39 is 11.8 Å². The Balaban J connectivity index is 1.24. The summed E-state index contributed by atoms with van der Waals surface area (Å²) >= 11 is 0. The standard InChI is InChI=1S/C28H35N3O3/c32-26(29-24-14-18-30(19-15-24)20-22-10-4-1-5-11-22)25-21-34-28(16-8-3-9-17-28)31(25)27(33)23-12-6-2-7-13-23/h1-2,4-7,10-13,24-25H,3,8-9,14-21H2,(H,29,32)/t25-/m1/s1. The molecule has 1 saturated carbocycles. The van der Waals surface area contributed by atoms with E-state index in [2.05, 4.69) is 34.5 Å². The molecule has 2 aromatic carbocycles. The molecule has 1 spiro atoms. The molecule has 2 saturated heterocycles. The molecule has 34 heavy (non-hydrogen) atoms. The second-order valence-corrected chi connectivity index (χ2v) is 9.92. The van der Waals surface area contributed by atoms with Gasteiger partial charge in [-0.3, -0.25) is 19.4 Å². The molecule has 1 atom stereocenters. The number of ether oxygens (including phenoxy) is 1. The number of hydrogen-bond donors (Lipinski definition) is 1. The van der Waals surface area contributed by atoms with E-state index in [1.165, 1.54) is 5.56 Å². The van der Waals surface area contributed by atoms with Crippen LogP contribution in [0, 0.1) is 0 Å². The Hall–Kier alpha value is -2.70. The Morgan fingerprint density at radius 2 is 1.56 bits per heavy atom. The molecule has 3 fully saturated rings. The highest BCUT2D eigenvalue weighted by Gasteiger charge is 2.53. The lowest BCUT2D eigenvalue weighted by atomic mass is 9.89. The van der Waals surface area contributed by atoms with Crippen molar-refractivity contribution < 1.29 is 14.3 Å². The summed E-state index contributed by atoms with van der Waals surface area (Å²) in [5, 5.41) is 3.26. The Bertz CT molecular complexity index is 967. The topological polar surface area (TPSA) is 61.9 Å². The number of likely N-dealkylation sites (tertiary alicyclic amines) is 1. The lowest BCUT2D eigenvalue weighted by Crippen LogP contribution is -2.58. The van der Waals surface area contributed by atoms with Gasteiger partial charge in [0.05, 0.1) is 6.61 Å². The van der Waals surface area contributed by atoms with Crippen LogP contribution in [0.5, 0.6) is 0 Å². The van der Waals surface area contributed by atoms with E-state index in [0.717, 1.165) is 64.6 Å². The lowest BCUT2D eigenvalue weighted by Gasteiger charge is -2.41. The minimum Gasteiger partial charge on any atom is -0.353 e. The van der Waals surface area contributed by atoms with Gasteiger partial charge in [-0.2, -0.15) is 0 Å². The highest BCUT2D eigenvalue weighted by Crippen LogP contribution is 2.41. The van der Waals surface area contributed by atoms with Gasteiger partial charge in [0.15, 0.2) is 0 Å². The Kier molecular flexibility index (Phi) is 6.97. The van der Waals surface area contributed by atoms with Crippen LogP contribution in [0.15, 0.2) is 60.7 Å². The maximum Gasteiger partial charge on any atom is 0.256 e. The predicted molar refractivity (Wildman–Crippen MR) is 131 cm³/mol. The molecule has 5 rings (SSSR count). The third-order valence-corrected chi connectivity index (χ3v) is 7.62. The van der Waals surface area contributed by atoms with Crippen LogP contribution in [-0.4, -0.2) is 59.1 Å². The molecule has 2 heterocycles. The smallest absolute Gasteiger partial charge is 0.256 e. The van der Waals surface area contributed by atoms with Crippen molar-refractivity contribution >= 4 is 11.8 Å². The summed E-state index contributed by atoms with van der Waals surface area (Å²) in [5.41, 5.74) is 1.29. The van der Waals surface area contributed by atoms with Crippen LogP contribution in [-0.2, 0) is 16.1 Å². The predicted octanol–water partition coefficient (Wildman–Crippen LogP) is 3.97. The molecule has 2 aromatic rings. The third-order valence-electron chi connectivity index (χ3n) is 7.62. The molecule has 0 unspecified atom stereocenters. The van der Waals surface area contributed by atoms with Gasteiger partial charge >= 0.3 is 0 Å². The number of carbonyl (C=O) groups excluding carboxylic acids is 2. The first-order valence-corrected chi connectivity index (χ1v) is 12.7. The fourth-order valence-corrected chi connectivity index (χ4v) is 5.77. The molecule has 1 N–H and O–H groups in total. The fraction of sp³-hybridized carbons (Fsp3) is 0.500. The summed E-state index contributed by atoms with van der Waals surface area (Å²) in [6.45, 7) is 3.13. The van der Waals surface area contributed by atoms with Gasteiger partial charge < -0.3 is 10.1 Å². The molecule has 6 nitrogen and oxygen atoms in total. The number of carbonyl (C=O) groups is 2. The summed E-state index contributed by atoms with van der Waals surface area (Å²) in [5.74, 6) is -0.175. The molecular weight excluding hydrogens is 426 g/mol. The molecule has 0 bridgehead atoms. The molecule has 2 aliphatic heterocycles. The van der Waals surface area contributed by atoms with Crippen LogP contribution in [0.25, 0.3) is 0 Å². The second kappa shape index (κ2) is 10.3. The zero-order valence-corrected chi connectivity index (χ0v) is 19.8. The number of piperidine rings is 1. The van der Waals surface area contributed by atoms with E-state index in [1.807, 2.05) is 36.4 Å². The van der Waals surface area contributed by atoms with Gasteiger partial charge in [-0.05, 0) is 56.2 Å². The number of nitrogens with zero attached hydrogens (tertiary/aromatic N) is 2. The fourth-order valence-electron chi connectivity index (χ4n) is 5.77. The SMILES string of the molecule is O=C(NC1CCN(Cc2ccccc2)CC1)[C@H]1COC2(CCCCC2)N1C(=O)c1ccccc1. The van der Waals surface area contributed by atoms with Gasteiger partial charge in [0.1, 0.15) is 11.8 Å². The van der Waals surface area contributed by atoms with Crippen molar-refractivity contribution in [3.8, 4) is 0 Å². The second-order valence-electron chi connectivity index (χ2n) is 9.92. The zero-order valence-electron chi connectivity index (χ0n) is 19.8. The van der Waals surface area contributed by atoms with Crippen LogP contribution < -0.4 is 5.32 Å². The van der Waals surface area contributed by atoms with Crippen LogP contribution >= 0.6 is 0 Å². The van der Waals surface area contributed by atoms with Gasteiger partial charge in [0, 0.05) is 31.2 Å². The van der Waals surface area contributed by atoms with Crippen molar-refractivity contribution in [2.24, 2.45) is 0 Å². The Morgan fingerprint density at radius 3 is 2.24 bits per heavy atom. The Labute approximate surface area is 202 Å². The van der Waals surface area contributed by atoms with Gasteiger partial charge in [-0.15, -0.1) is 0 Å². The quantitative estimate of drug-likeness (QED) is 0.732. The average molecular weight is 462 g/mol. The number of amides is 2. The molecule has 180 valence electrons. The van der Waals surface area contributed by atoms with Gasteiger partial charge in [0.25, 0.3) is 5.91 Å². The van der Waals surface area contributed by atoms with Crippen molar-refractivity contribution in [1.82, 2.24) is 15.1 Å². The molecule has 3 aliphatic rings. The lowest BCUT2D eigenvalue weighted by molar-refractivity contribution is -0.128. The van der Waals surface area contributed by atoms with E-state index in [4.69, 9.17) is 4.74 Å². The van der Waals surface area contributed by atoms with E-state index in [0.29, 0.717) is 5.56 Å². The molecule has 2 amide bonds. The third kappa shape index (κ3) is 4.89. The van der Waals surface area contributed by atoms with Crippen LogP contribution in [0.3, 0.4) is 0 Å². The average Bonchev–Trinajstić information content (AvgIpc) is 3.24. The van der Waals surface area contributed by atoms with Crippen LogP contribution in [0.4, 0.5) is 0 Å². The first-order chi connectivity index (χ1) is 16.6. The normalized spacial score (nSPS) is 23.2. The number of nitrogens with one attached hydrogen (secondary N) is 1. The summed E-state index contributed by atoms with van der Waals surface area (Å²) < 4.78 is 6.28. The van der Waals surface area contributed by atoms with Crippen molar-refractivity contribution in [3.05, 3.63) is 71.8 Å². The highest BCUT2D eigenvalue weighted by atomic mass is 16.5. The molecule has 1 aliphatic carbocycles. The van der Waals surface area contributed by atoms with Crippen molar-refractivity contribution in [2.75, 3.05) is 19.7 Å². The van der Waals surface area contributed by atoms with E-state index in [-0.39, 0.29) is 24.5 Å². The van der Waals surface area contributed by atoms with Crippen molar-refractivity contribution in [1.29, 1.82) is 0 Å². The zero-order chi connectivity index (χ0) is 23.4. The largest absolute Gasteiger partial charge is 0.353 e. The van der Waals surface area contributed by atoms with E-state index in [1.54, 1.807) is 4.90 Å². The molecular formula is C28H35N3O3. The minimum atomic E-state index is -0.647. The summed E-state index contributed by atoms with van der Waals surface area (Å²) in [6.07, 6.45) is 6.63. The number of rotatable bonds is 5. The van der Waals surface area contributed by atoms with Gasteiger partial charge in [0.2, 0.25) is 5.91 Å². The first-order valence-electron chi connectivity index (χ1n) is 12.7. The minimum absolute atomic E-state index is 0.0757. The maximum absolute atomic E-state index is 13.6. The molecule has 6 heteroatoms. The van der Waals surface area contributed by atoms with Crippen LogP contribution in [0.2, 0.25) is 0 Å². The summed E-state index contributed by atoms with van der Waals surface area (Å²) in [7, 11) is 0. The van der Waals surface area contributed by atoms with Crippen molar-refractivity contribution in [3.63, 3.8) is 0 Å². The van der Waals surface area contributed by atoms with E-state index >= 15 is 0 Å². The summed E-state index contributed by atoms with van der Waals surface area (Å²) in [6, 6.07) is 19.4. The highest BCUT2D eigenvalue weighted by molar-refractivity contribution is 5.98. The Morgan fingerprint density at radius 1 is 0.912 bits per heavy atom. The van der Waals surface area contributed by atoms with Crippen molar-refractivity contribution in [2.45, 2.75) is 69.3 Å². The van der Waals surface area contributed by atoms with Crippen LogP contribution in [0.1, 0.15) is 60.9 Å². The van der Waals surface area contributed by atoms with Gasteiger partial charge in [-0.25, -0.2) is 0 Å². The van der Waals surface area contributed by atoms with E-state index in [9.17, 15) is 9.59 Å². The number of hydrogen-bond acceptors (Lipinski definition) is 4. The van der Waals surface area contributed by atoms with Gasteiger partial charge in [-0.1, -0.05) is 55.0 Å². The monoisotopic (exact) mass is 461 g/mol. The first kappa shape index (κ1) is 23.1. The molecule has 0 radical (unpaired) electrons. The maximum atomic E-state index is 13.6.